The summed E-state index contributed by atoms with van der Waals surface area (Å²) in [5.74, 6) is 0. The Hall–Kier alpha value is -0.0400. The van der Waals surface area contributed by atoms with Crippen LogP contribution in [0.2, 0.25) is 0 Å². The smallest absolute Gasteiger partial charge is 0.0822 e. The summed E-state index contributed by atoms with van der Waals surface area (Å²) in [7, 11) is 0. The largest absolute Gasteiger partial charge is 0.237 e. The van der Waals surface area contributed by atoms with E-state index in [9.17, 15) is 5.11 Å². The van der Waals surface area contributed by atoms with E-state index < -0.39 is 0 Å². The van der Waals surface area contributed by atoms with Crippen molar-refractivity contribution in [2.24, 2.45) is 0 Å². The third-order valence-electron chi connectivity index (χ3n) is 2.64. The molecule has 0 N–H and O–H groups in total. The molecule has 0 atom stereocenters. The molecule has 0 heterocycles. The zero-order chi connectivity index (χ0) is 10.5. The molecule has 0 unspecified atom stereocenters. The van der Waals surface area contributed by atoms with Crippen LogP contribution in [0.1, 0.15) is 70.6 Å². The molecule has 0 bridgehead atoms. The molecule has 2 radical (unpaired) electrons. The first-order valence-electron chi connectivity index (χ1n) is 6.29. The molecule has 84 valence electrons. The van der Waals surface area contributed by atoms with E-state index in [4.69, 9.17) is 0 Å². The van der Waals surface area contributed by atoms with Crippen molar-refractivity contribution < 1.29 is 5.11 Å². The second kappa shape index (κ2) is 13.0. The van der Waals surface area contributed by atoms with E-state index in [-0.39, 0.29) is 6.61 Å². The van der Waals surface area contributed by atoms with E-state index in [1.165, 1.54) is 51.4 Å². The summed E-state index contributed by atoms with van der Waals surface area (Å²) < 4.78 is 0. The Morgan fingerprint density at radius 2 is 0.929 bits per heavy atom. The van der Waals surface area contributed by atoms with Gasteiger partial charge >= 0.3 is 0 Å². The molecule has 1 nitrogen and oxygen atoms in total. The summed E-state index contributed by atoms with van der Waals surface area (Å²) in [5.41, 5.74) is 0. The summed E-state index contributed by atoms with van der Waals surface area (Å²) in [6.07, 6.45) is 13.9. The molecule has 0 aromatic rings. The molecule has 0 aliphatic rings. The average Bonchev–Trinajstić information content (AvgIpc) is 2.21. The molecular weight excluding hydrogens is 172 g/mol. The van der Waals surface area contributed by atoms with Crippen molar-refractivity contribution in [3.8, 4) is 0 Å². The van der Waals surface area contributed by atoms with Gasteiger partial charge in [-0.25, -0.2) is 5.11 Å². The Morgan fingerprint density at radius 3 is 1.29 bits per heavy atom. The second-order valence-electron chi connectivity index (χ2n) is 4.09. The van der Waals surface area contributed by atoms with E-state index in [0.717, 1.165) is 19.3 Å². The monoisotopic (exact) mass is 198 g/mol. The molecule has 0 aromatic heterocycles. The zero-order valence-electron chi connectivity index (χ0n) is 9.60. The van der Waals surface area contributed by atoms with Crippen LogP contribution in [0.4, 0.5) is 0 Å². The Morgan fingerprint density at radius 1 is 0.571 bits per heavy atom. The van der Waals surface area contributed by atoms with Crippen LogP contribution >= 0.6 is 0 Å². The molecule has 0 aromatic carbocycles. The highest BCUT2D eigenvalue weighted by atomic mass is 16.2. The van der Waals surface area contributed by atoms with Crippen LogP contribution in [0, 0.1) is 6.92 Å². The fourth-order valence-corrected chi connectivity index (χ4v) is 1.69. The van der Waals surface area contributed by atoms with Crippen molar-refractivity contribution in [3.05, 3.63) is 6.92 Å². The van der Waals surface area contributed by atoms with Crippen LogP contribution in [0.15, 0.2) is 0 Å². The first-order chi connectivity index (χ1) is 6.91. The number of unbranched alkanes of at least 4 members (excludes halogenated alkanes) is 10. The summed E-state index contributed by atoms with van der Waals surface area (Å²) in [4.78, 5) is 0. The summed E-state index contributed by atoms with van der Waals surface area (Å²) in [6, 6.07) is 0. The standard InChI is InChI=1S/C13H26O/c1-2-3-4-5-6-7-8-9-10-11-12-13-14/h1-13H2. The Balaban J connectivity index is 2.78. The van der Waals surface area contributed by atoms with Crippen molar-refractivity contribution in [3.63, 3.8) is 0 Å². The normalized spacial score (nSPS) is 10.7. The number of hydrogen-bond acceptors (Lipinski definition) is 0. The van der Waals surface area contributed by atoms with E-state index >= 15 is 0 Å². The number of rotatable bonds is 11. The highest BCUT2D eigenvalue weighted by Crippen LogP contribution is 2.10. The van der Waals surface area contributed by atoms with Crippen LogP contribution in [0.5, 0.6) is 0 Å². The fraction of sp³-hybridized carbons (Fsp3) is 0.923. The van der Waals surface area contributed by atoms with Gasteiger partial charge in [0.1, 0.15) is 0 Å². The minimum Gasteiger partial charge on any atom is -0.237 e. The van der Waals surface area contributed by atoms with E-state index in [1.54, 1.807) is 0 Å². The van der Waals surface area contributed by atoms with Crippen molar-refractivity contribution in [1.29, 1.82) is 0 Å². The molecule has 0 fully saturated rings. The lowest BCUT2D eigenvalue weighted by Crippen LogP contribution is -1.83. The molecular formula is C13H26O. The van der Waals surface area contributed by atoms with E-state index in [2.05, 4.69) is 6.92 Å². The van der Waals surface area contributed by atoms with Crippen LogP contribution in [-0.4, -0.2) is 6.61 Å². The van der Waals surface area contributed by atoms with Gasteiger partial charge in [-0.15, -0.1) is 0 Å². The lowest BCUT2D eigenvalue weighted by Gasteiger charge is -2.01. The molecule has 0 amide bonds. The van der Waals surface area contributed by atoms with Crippen molar-refractivity contribution in [1.82, 2.24) is 0 Å². The Labute approximate surface area is 89.9 Å². The third kappa shape index (κ3) is 12.0. The van der Waals surface area contributed by atoms with Gasteiger partial charge in [0.15, 0.2) is 0 Å². The molecule has 14 heavy (non-hydrogen) atoms. The van der Waals surface area contributed by atoms with Gasteiger partial charge in [-0.05, 0) is 6.42 Å². The maximum atomic E-state index is 10.2. The van der Waals surface area contributed by atoms with E-state index in [1.807, 2.05) is 0 Å². The molecule has 0 saturated carbocycles. The van der Waals surface area contributed by atoms with Gasteiger partial charge in [-0.1, -0.05) is 71.1 Å². The maximum Gasteiger partial charge on any atom is 0.0822 e. The first kappa shape index (κ1) is 14.0. The quantitative estimate of drug-likeness (QED) is 0.434. The predicted octanol–water partition coefficient (Wildman–Crippen LogP) is 4.54. The van der Waals surface area contributed by atoms with Crippen LogP contribution in [0.25, 0.3) is 0 Å². The van der Waals surface area contributed by atoms with Gasteiger partial charge < -0.3 is 0 Å². The van der Waals surface area contributed by atoms with Gasteiger partial charge in [-0.2, -0.15) is 0 Å². The maximum absolute atomic E-state index is 10.2. The number of hydrogen-bond donors (Lipinski definition) is 0. The SMILES string of the molecule is [CH2]CCCCCCCCCCCC[O]. The molecule has 0 saturated heterocycles. The highest BCUT2D eigenvalue weighted by Gasteiger charge is 1.92. The van der Waals surface area contributed by atoms with Crippen LogP contribution < -0.4 is 0 Å². The summed E-state index contributed by atoms with van der Waals surface area (Å²) in [6.45, 7) is 3.95. The van der Waals surface area contributed by atoms with Gasteiger partial charge in [0.05, 0.1) is 6.61 Å². The highest BCUT2D eigenvalue weighted by molar-refractivity contribution is 4.48. The van der Waals surface area contributed by atoms with Crippen molar-refractivity contribution in [2.75, 3.05) is 6.61 Å². The minimum atomic E-state index is 0.116. The predicted molar refractivity (Wildman–Crippen MR) is 61.7 cm³/mol. The second-order valence-corrected chi connectivity index (χ2v) is 4.09. The minimum absolute atomic E-state index is 0.116. The Kier molecular flexibility index (Phi) is 12.9. The van der Waals surface area contributed by atoms with Crippen molar-refractivity contribution >= 4 is 0 Å². The lowest BCUT2D eigenvalue weighted by molar-refractivity contribution is 0.186. The Bertz CT molecular complexity index is 79.2. The summed E-state index contributed by atoms with van der Waals surface area (Å²) >= 11 is 0. The average molecular weight is 198 g/mol. The fourth-order valence-electron chi connectivity index (χ4n) is 1.69. The van der Waals surface area contributed by atoms with Crippen LogP contribution in [-0.2, 0) is 5.11 Å². The third-order valence-corrected chi connectivity index (χ3v) is 2.64. The van der Waals surface area contributed by atoms with Gasteiger partial charge in [0, 0.05) is 0 Å². The zero-order valence-corrected chi connectivity index (χ0v) is 9.60. The summed E-state index contributed by atoms with van der Waals surface area (Å²) in [5, 5.41) is 10.2. The first-order valence-corrected chi connectivity index (χ1v) is 6.29. The molecule has 0 aliphatic carbocycles. The lowest BCUT2D eigenvalue weighted by atomic mass is 10.1. The topological polar surface area (TPSA) is 19.9 Å². The van der Waals surface area contributed by atoms with Gasteiger partial charge in [0.2, 0.25) is 0 Å². The van der Waals surface area contributed by atoms with Gasteiger partial charge in [0.25, 0.3) is 0 Å². The molecule has 0 spiro atoms. The van der Waals surface area contributed by atoms with Crippen molar-refractivity contribution in [2.45, 2.75) is 70.6 Å². The molecule has 0 aliphatic heterocycles. The van der Waals surface area contributed by atoms with E-state index in [0.29, 0.717) is 0 Å². The van der Waals surface area contributed by atoms with Crippen LogP contribution in [0.3, 0.4) is 0 Å². The molecule has 0 rings (SSSR count). The van der Waals surface area contributed by atoms with Gasteiger partial charge in [-0.3, -0.25) is 0 Å². The molecule has 1 heteroatoms.